The number of amides is 2. The number of nitrogens with zero attached hydrogens (tertiary/aromatic N) is 1. The number of rotatable bonds is 8. The summed E-state index contributed by atoms with van der Waals surface area (Å²) in [6.45, 7) is 1.98. The molecule has 15 heteroatoms. The van der Waals surface area contributed by atoms with Gasteiger partial charge in [-0.15, -0.1) is 0 Å². The van der Waals surface area contributed by atoms with Crippen molar-refractivity contribution in [1.82, 2.24) is 20.2 Å². The number of hydrogen-bond donors (Lipinski definition) is 4. The normalized spacial score (nSPS) is 22.7. The number of ether oxygens (including phenoxy) is 1. The molecule has 2 amide bonds. The second-order valence-corrected chi connectivity index (χ2v) is 12.4. The van der Waals surface area contributed by atoms with Crippen LogP contribution in [0.2, 0.25) is 0 Å². The summed E-state index contributed by atoms with van der Waals surface area (Å²) < 4.78 is 87.2. The average Bonchev–Trinajstić information content (AvgIpc) is 3.35. The van der Waals surface area contributed by atoms with E-state index in [0.717, 1.165) is 5.56 Å². The molecule has 9 nitrogen and oxygen atoms in total. The number of benzene rings is 2. The molecule has 2 aromatic carbocycles. The first-order valence-corrected chi connectivity index (χ1v) is 15.7. The van der Waals surface area contributed by atoms with Gasteiger partial charge in [-0.3, -0.25) is 14.6 Å². The first-order chi connectivity index (χ1) is 22.6. The molecule has 0 unspecified atom stereocenters. The molecule has 1 aliphatic heterocycles. The number of likely N-dealkylation sites (tertiary alicyclic amines) is 1. The second kappa shape index (κ2) is 14.1. The van der Waals surface area contributed by atoms with Crippen molar-refractivity contribution in [3.05, 3.63) is 87.0 Å². The number of alkyl halides is 6. The van der Waals surface area contributed by atoms with Crippen molar-refractivity contribution in [1.29, 1.82) is 0 Å². The molecule has 3 atom stereocenters. The third-order valence-electron chi connectivity index (χ3n) is 9.11. The van der Waals surface area contributed by atoms with Gasteiger partial charge < -0.3 is 25.0 Å². The maximum Gasteiger partial charge on any atom is 0.416 e. The van der Waals surface area contributed by atoms with E-state index < -0.39 is 47.3 Å². The molecule has 5 rings (SSSR count). The highest BCUT2D eigenvalue weighted by Crippen LogP contribution is 2.40. The highest BCUT2D eigenvalue weighted by atomic mass is 19.4. The Morgan fingerprint density at radius 1 is 0.958 bits per heavy atom. The maximum atomic E-state index is 13.7. The summed E-state index contributed by atoms with van der Waals surface area (Å²) in [5.74, 6) is -1.51. The van der Waals surface area contributed by atoms with Crippen molar-refractivity contribution in [3.63, 3.8) is 0 Å². The van der Waals surface area contributed by atoms with Crippen LogP contribution in [0.15, 0.2) is 53.3 Å². The minimum atomic E-state index is -4.98. The lowest BCUT2D eigenvalue weighted by Gasteiger charge is -2.42. The van der Waals surface area contributed by atoms with Gasteiger partial charge in [-0.05, 0) is 68.4 Å². The van der Waals surface area contributed by atoms with E-state index in [0.29, 0.717) is 50.8 Å². The Kier molecular flexibility index (Phi) is 10.3. The molecule has 260 valence electrons. The van der Waals surface area contributed by atoms with Crippen molar-refractivity contribution in [2.24, 2.45) is 5.92 Å². The molecule has 48 heavy (non-hydrogen) atoms. The number of aromatic amines is 2. The summed E-state index contributed by atoms with van der Waals surface area (Å²) in [7, 11) is 0. The monoisotopic (exact) mass is 682 g/mol. The Bertz CT molecular complexity index is 1610. The van der Waals surface area contributed by atoms with E-state index in [-0.39, 0.29) is 60.0 Å². The minimum Gasteiger partial charge on any atom is -0.493 e. The van der Waals surface area contributed by atoms with Gasteiger partial charge in [0.05, 0.1) is 35.4 Å². The van der Waals surface area contributed by atoms with Gasteiger partial charge in [0.1, 0.15) is 0 Å². The number of halogens is 6. The minimum absolute atomic E-state index is 0.0604. The number of aromatic hydroxyl groups is 1. The molecule has 0 bridgehead atoms. The number of carbonyl (C=O) groups is 2. The van der Waals surface area contributed by atoms with Gasteiger partial charge >= 0.3 is 18.0 Å². The van der Waals surface area contributed by atoms with Crippen LogP contribution < -0.4 is 11.0 Å². The van der Waals surface area contributed by atoms with E-state index in [1.807, 2.05) is 30.3 Å². The summed E-state index contributed by atoms with van der Waals surface area (Å²) >= 11 is 0. The highest BCUT2D eigenvalue weighted by Gasteiger charge is 2.40. The summed E-state index contributed by atoms with van der Waals surface area (Å²) in [6, 6.07) is 10.4. The molecular formula is C33H36F6N4O5. The Morgan fingerprint density at radius 2 is 1.58 bits per heavy atom. The molecule has 4 N–H and O–H groups in total. The smallest absolute Gasteiger partial charge is 0.416 e. The Labute approximate surface area is 271 Å². The summed E-state index contributed by atoms with van der Waals surface area (Å²) in [5.41, 5.74) is -2.78. The van der Waals surface area contributed by atoms with Crippen molar-refractivity contribution in [3.8, 4) is 5.88 Å². The average molecular weight is 683 g/mol. The van der Waals surface area contributed by atoms with Gasteiger partial charge in [0.25, 0.3) is 0 Å². The molecule has 0 spiro atoms. The van der Waals surface area contributed by atoms with Crippen molar-refractivity contribution >= 4 is 11.8 Å². The number of H-pyrrole nitrogens is 2. The number of aromatic nitrogens is 2. The summed E-state index contributed by atoms with van der Waals surface area (Å²) in [5, 5.41) is 12.6. The molecule has 3 aromatic rings. The topological polar surface area (TPSA) is 128 Å². The number of nitrogens with one attached hydrogen (secondary N) is 3. The van der Waals surface area contributed by atoms with Crippen LogP contribution in [0, 0.1) is 5.92 Å². The van der Waals surface area contributed by atoms with E-state index >= 15 is 0 Å². The fourth-order valence-corrected chi connectivity index (χ4v) is 6.59. The summed E-state index contributed by atoms with van der Waals surface area (Å²) in [4.78, 5) is 43.7. The van der Waals surface area contributed by atoms with Crippen molar-refractivity contribution in [2.75, 3.05) is 13.1 Å². The van der Waals surface area contributed by atoms with Crippen LogP contribution in [0.3, 0.4) is 0 Å². The Hall–Kier alpha value is -4.27. The van der Waals surface area contributed by atoms with Crippen LogP contribution in [0.25, 0.3) is 0 Å². The predicted molar refractivity (Wildman–Crippen MR) is 161 cm³/mol. The highest BCUT2D eigenvalue weighted by molar-refractivity contribution is 5.80. The molecule has 1 saturated heterocycles. The molecule has 2 aliphatic rings. The lowest BCUT2D eigenvalue weighted by molar-refractivity contribution is -0.143. The Morgan fingerprint density at radius 3 is 2.15 bits per heavy atom. The fourth-order valence-electron chi connectivity index (χ4n) is 6.59. The van der Waals surface area contributed by atoms with Crippen LogP contribution >= 0.6 is 0 Å². The van der Waals surface area contributed by atoms with E-state index in [4.69, 9.17) is 4.74 Å². The van der Waals surface area contributed by atoms with Crippen LogP contribution in [-0.2, 0) is 33.1 Å². The van der Waals surface area contributed by atoms with E-state index in [9.17, 15) is 45.8 Å². The number of hydrogen-bond acceptors (Lipinski definition) is 5. The van der Waals surface area contributed by atoms with Crippen LogP contribution in [-0.4, -0.2) is 57.0 Å². The van der Waals surface area contributed by atoms with Gasteiger partial charge in [-0.2, -0.15) is 26.3 Å². The van der Waals surface area contributed by atoms with Gasteiger partial charge in [0.15, 0.2) is 0 Å². The molecule has 1 saturated carbocycles. The van der Waals surface area contributed by atoms with E-state index in [1.165, 1.54) is 6.92 Å². The molecule has 2 fully saturated rings. The maximum absolute atomic E-state index is 13.7. The van der Waals surface area contributed by atoms with Crippen LogP contribution in [0.5, 0.6) is 5.88 Å². The zero-order chi connectivity index (χ0) is 34.8. The largest absolute Gasteiger partial charge is 0.493 e. The van der Waals surface area contributed by atoms with Crippen LogP contribution in [0.4, 0.5) is 26.3 Å². The van der Waals surface area contributed by atoms with Crippen molar-refractivity contribution in [2.45, 2.75) is 82.0 Å². The number of imidazole rings is 1. The molecule has 2 heterocycles. The predicted octanol–water partition coefficient (Wildman–Crippen LogP) is 5.83. The van der Waals surface area contributed by atoms with E-state index in [2.05, 4.69) is 15.3 Å². The lowest BCUT2D eigenvalue weighted by Crippen LogP contribution is -2.49. The Balaban J connectivity index is 1.23. The molecule has 1 aromatic heterocycles. The number of carbonyl (C=O) groups excluding carboxylic acids is 2. The van der Waals surface area contributed by atoms with Gasteiger partial charge in [-0.1, -0.05) is 30.3 Å². The van der Waals surface area contributed by atoms with Gasteiger partial charge in [-0.25, -0.2) is 4.79 Å². The molecule has 0 radical (unpaired) electrons. The third kappa shape index (κ3) is 8.41. The molecular weight excluding hydrogens is 646 g/mol. The molecule has 1 aliphatic carbocycles. The zero-order valence-electron chi connectivity index (χ0n) is 26.0. The summed E-state index contributed by atoms with van der Waals surface area (Å²) in [6.07, 6.45) is -9.39. The lowest BCUT2D eigenvalue weighted by atomic mass is 9.83. The first kappa shape index (κ1) is 35.0. The van der Waals surface area contributed by atoms with E-state index in [1.54, 1.807) is 4.90 Å². The SMILES string of the molecule is C[C@@H](O[C@H]1CCN(C(=O)C2CCC(NC(=O)Cc3[nH]c(=O)[nH]c3O)CC2)C[C@H]1c1ccccc1)c1cc(C(F)(F)F)cc(C(F)(F)F)c1. The fraction of sp³-hybridized carbons (Fsp3) is 0.485. The van der Waals surface area contributed by atoms with Crippen molar-refractivity contribution < 1.29 is 45.8 Å². The van der Waals surface area contributed by atoms with Gasteiger partial charge in [0, 0.05) is 31.0 Å². The zero-order valence-corrected chi connectivity index (χ0v) is 26.0. The quantitative estimate of drug-likeness (QED) is 0.223. The van der Waals surface area contributed by atoms with Crippen LogP contribution in [0.1, 0.15) is 79.0 Å². The number of piperidine rings is 1. The van der Waals surface area contributed by atoms with Gasteiger partial charge in [0.2, 0.25) is 17.7 Å². The third-order valence-corrected chi connectivity index (χ3v) is 9.11. The standard InChI is InChI=1S/C33H36F6N4O5/c1-18(21-13-22(32(34,35)36)15-23(14-21)33(37,38)39)48-27-11-12-43(17-25(27)19-5-3-2-4-6-19)30(46)20-7-9-24(10-8-20)40-28(44)16-26-29(45)42-31(47)41-26/h2-6,13-15,18,20,24-25,27,45H,7-12,16-17H2,1H3,(H,40,44)(H2,41,42,47)/t18-,20?,24?,25+,27+/m1/s1. The second-order valence-electron chi connectivity index (χ2n) is 12.4. The first-order valence-electron chi connectivity index (χ1n) is 15.7.